The molecule has 0 saturated heterocycles. The van der Waals surface area contributed by atoms with Gasteiger partial charge in [-0.05, 0) is 68.4 Å². The quantitative estimate of drug-likeness (QED) is 0.659. The lowest BCUT2D eigenvalue weighted by Crippen LogP contribution is -2.42. The van der Waals surface area contributed by atoms with Crippen molar-refractivity contribution in [2.45, 2.75) is 59.0 Å². The van der Waals surface area contributed by atoms with Gasteiger partial charge in [0, 0.05) is 18.5 Å². The van der Waals surface area contributed by atoms with E-state index in [0.717, 1.165) is 12.8 Å². The molecule has 0 heterocycles. The minimum absolute atomic E-state index is 0.253. The van der Waals surface area contributed by atoms with E-state index in [2.05, 4.69) is 70.2 Å². The Morgan fingerprint density at radius 1 is 0.958 bits per heavy atom. The smallest absolute Gasteiger partial charge is 0.223 e. The maximum Gasteiger partial charge on any atom is 0.223 e. The Hall–Kier alpha value is -2.09. The molecular weight excluding hydrogens is 294 g/mol. The van der Waals surface area contributed by atoms with E-state index in [4.69, 9.17) is 0 Å². The first-order chi connectivity index (χ1) is 11.5. The summed E-state index contributed by atoms with van der Waals surface area (Å²) in [4.78, 5) is 14.6. The Bertz CT molecular complexity index is 737. The number of rotatable bonds is 5. The standard InChI is InChI=1S/C22H27NO/c1-15(2)23(16(3)4)22(24)13-12-17-9-7-11-20-19-10-6-5-8-18(19)14-21(17)20/h5-11,15-16H,12-14H2,1-4H3. The third-order valence-corrected chi connectivity index (χ3v) is 4.96. The summed E-state index contributed by atoms with van der Waals surface area (Å²) < 4.78 is 0. The van der Waals surface area contributed by atoms with Crippen LogP contribution in [-0.2, 0) is 17.6 Å². The summed E-state index contributed by atoms with van der Waals surface area (Å²) in [5, 5.41) is 0. The number of hydrogen-bond acceptors (Lipinski definition) is 1. The van der Waals surface area contributed by atoms with Gasteiger partial charge in [-0.3, -0.25) is 4.79 Å². The van der Waals surface area contributed by atoms with Crippen molar-refractivity contribution < 1.29 is 4.79 Å². The molecule has 1 aliphatic carbocycles. The normalized spacial score (nSPS) is 12.4. The van der Waals surface area contributed by atoms with E-state index < -0.39 is 0 Å². The summed E-state index contributed by atoms with van der Waals surface area (Å²) in [6.07, 6.45) is 2.41. The van der Waals surface area contributed by atoms with E-state index in [9.17, 15) is 4.79 Å². The summed E-state index contributed by atoms with van der Waals surface area (Å²) in [5.74, 6) is 0.258. The third kappa shape index (κ3) is 3.10. The van der Waals surface area contributed by atoms with Crippen LogP contribution in [0.25, 0.3) is 11.1 Å². The molecule has 0 radical (unpaired) electrons. The minimum Gasteiger partial charge on any atom is -0.338 e. The van der Waals surface area contributed by atoms with Crippen LogP contribution in [0.3, 0.4) is 0 Å². The van der Waals surface area contributed by atoms with E-state index >= 15 is 0 Å². The van der Waals surface area contributed by atoms with E-state index in [1.165, 1.54) is 27.8 Å². The van der Waals surface area contributed by atoms with Crippen LogP contribution in [0, 0.1) is 0 Å². The predicted octanol–water partition coefficient (Wildman–Crippen LogP) is 4.84. The van der Waals surface area contributed by atoms with E-state index in [-0.39, 0.29) is 18.0 Å². The first-order valence-corrected chi connectivity index (χ1v) is 8.99. The molecule has 1 aliphatic rings. The maximum atomic E-state index is 12.6. The molecule has 1 amide bonds. The van der Waals surface area contributed by atoms with Gasteiger partial charge in [-0.25, -0.2) is 0 Å². The minimum atomic E-state index is 0.253. The monoisotopic (exact) mass is 321 g/mol. The van der Waals surface area contributed by atoms with Gasteiger partial charge in [0.25, 0.3) is 0 Å². The van der Waals surface area contributed by atoms with Crippen molar-refractivity contribution >= 4 is 5.91 Å². The van der Waals surface area contributed by atoms with Gasteiger partial charge in [0.1, 0.15) is 0 Å². The van der Waals surface area contributed by atoms with Gasteiger partial charge in [0.2, 0.25) is 5.91 Å². The fourth-order valence-electron chi connectivity index (χ4n) is 4.00. The van der Waals surface area contributed by atoms with E-state index in [0.29, 0.717) is 6.42 Å². The lowest BCUT2D eigenvalue weighted by atomic mass is 9.97. The highest BCUT2D eigenvalue weighted by atomic mass is 16.2. The number of benzene rings is 2. The van der Waals surface area contributed by atoms with Crippen LogP contribution in [0.5, 0.6) is 0 Å². The first kappa shape index (κ1) is 16.8. The van der Waals surface area contributed by atoms with Crippen LogP contribution in [-0.4, -0.2) is 22.9 Å². The summed E-state index contributed by atoms with van der Waals surface area (Å²) in [5.41, 5.74) is 6.83. The SMILES string of the molecule is CC(C)N(C(=O)CCc1cccc2c1Cc1ccccc1-2)C(C)C. The highest BCUT2D eigenvalue weighted by molar-refractivity contribution is 5.79. The highest BCUT2D eigenvalue weighted by Crippen LogP contribution is 2.38. The van der Waals surface area contributed by atoms with Crippen molar-refractivity contribution in [1.82, 2.24) is 4.90 Å². The van der Waals surface area contributed by atoms with Crippen LogP contribution in [0.4, 0.5) is 0 Å². The van der Waals surface area contributed by atoms with Crippen LogP contribution < -0.4 is 0 Å². The van der Waals surface area contributed by atoms with E-state index in [1.54, 1.807) is 0 Å². The van der Waals surface area contributed by atoms with Gasteiger partial charge >= 0.3 is 0 Å². The Morgan fingerprint density at radius 2 is 1.62 bits per heavy atom. The summed E-state index contributed by atoms with van der Waals surface area (Å²) in [6, 6.07) is 15.7. The Balaban J connectivity index is 1.78. The van der Waals surface area contributed by atoms with Crippen LogP contribution in [0.2, 0.25) is 0 Å². The average molecular weight is 321 g/mol. The molecule has 24 heavy (non-hydrogen) atoms. The largest absolute Gasteiger partial charge is 0.338 e. The second-order valence-electron chi connectivity index (χ2n) is 7.27. The molecule has 0 aliphatic heterocycles. The highest BCUT2D eigenvalue weighted by Gasteiger charge is 2.23. The number of fused-ring (bicyclic) bond motifs is 3. The number of aryl methyl sites for hydroxylation is 1. The van der Waals surface area contributed by atoms with Crippen molar-refractivity contribution in [2.24, 2.45) is 0 Å². The molecular formula is C22H27NO. The molecule has 0 N–H and O–H groups in total. The first-order valence-electron chi connectivity index (χ1n) is 8.99. The molecule has 2 aromatic carbocycles. The second-order valence-corrected chi connectivity index (χ2v) is 7.27. The fourth-order valence-corrected chi connectivity index (χ4v) is 4.00. The molecule has 0 unspecified atom stereocenters. The molecule has 0 spiro atoms. The molecule has 2 heteroatoms. The summed E-state index contributed by atoms with van der Waals surface area (Å²) in [6.45, 7) is 8.37. The lowest BCUT2D eigenvalue weighted by Gasteiger charge is -2.31. The number of nitrogens with zero attached hydrogens (tertiary/aromatic N) is 1. The van der Waals surface area contributed by atoms with Gasteiger partial charge in [-0.1, -0.05) is 42.5 Å². The zero-order valence-corrected chi connectivity index (χ0v) is 15.2. The van der Waals surface area contributed by atoms with Gasteiger partial charge in [0.15, 0.2) is 0 Å². The molecule has 3 rings (SSSR count). The molecule has 0 bridgehead atoms. The van der Waals surface area contributed by atoms with Gasteiger partial charge < -0.3 is 4.90 Å². The molecule has 0 atom stereocenters. The van der Waals surface area contributed by atoms with Gasteiger partial charge in [-0.15, -0.1) is 0 Å². The maximum absolute atomic E-state index is 12.6. The van der Waals surface area contributed by atoms with Gasteiger partial charge in [0.05, 0.1) is 0 Å². The molecule has 2 nitrogen and oxygen atoms in total. The van der Waals surface area contributed by atoms with Crippen molar-refractivity contribution in [3.63, 3.8) is 0 Å². The number of carbonyl (C=O) groups excluding carboxylic acids is 1. The number of amides is 1. The zero-order chi connectivity index (χ0) is 17.3. The Morgan fingerprint density at radius 3 is 2.33 bits per heavy atom. The molecule has 0 fully saturated rings. The summed E-state index contributed by atoms with van der Waals surface area (Å²) >= 11 is 0. The van der Waals surface area contributed by atoms with Crippen LogP contribution >= 0.6 is 0 Å². The predicted molar refractivity (Wildman–Crippen MR) is 100 cm³/mol. The van der Waals surface area contributed by atoms with Crippen molar-refractivity contribution in [3.05, 3.63) is 59.2 Å². The molecule has 0 saturated carbocycles. The molecule has 2 aromatic rings. The van der Waals surface area contributed by atoms with Crippen LogP contribution in [0.15, 0.2) is 42.5 Å². The number of carbonyl (C=O) groups is 1. The van der Waals surface area contributed by atoms with Crippen molar-refractivity contribution in [3.8, 4) is 11.1 Å². The lowest BCUT2D eigenvalue weighted by molar-refractivity contribution is -0.134. The average Bonchev–Trinajstić information content (AvgIpc) is 2.91. The Labute approximate surface area is 145 Å². The van der Waals surface area contributed by atoms with Crippen molar-refractivity contribution in [1.29, 1.82) is 0 Å². The Kier molecular flexibility index (Phi) is 4.75. The van der Waals surface area contributed by atoms with Crippen molar-refractivity contribution in [2.75, 3.05) is 0 Å². The molecule has 0 aromatic heterocycles. The zero-order valence-electron chi connectivity index (χ0n) is 15.2. The molecule has 126 valence electrons. The number of hydrogen-bond donors (Lipinski definition) is 0. The summed E-state index contributed by atoms with van der Waals surface area (Å²) in [7, 11) is 0. The second kappa shape index (κ2) is 6.80. The fraction of sp³-hybridized carbons (Fsp3) is 0.409. The van der Waals surface area contributed by atoms with Gasteiger partial charge in [-0.2, -0.15) is 0 Å². The van der Waals surface area contributed by atoms with E-state index in [1.807, 2.05) is 4.90 Å². The van der Waals surface area contributed by atoms with Crippen LogP contribution in [0.1, 0.15) is 50.8 Å². The third-order valence-electron chi connectivity index (χ3n) is 4.96. The topological polar surface area (TPSA) is 20.3 Å².